The Balaban J connectivity index is 1.62. The molecule has 0 unspecified atom stereocenters. The van der Waals surface area contributed by atoms with Crippen LogP contribution in [0.25, 0.3) is 10.2 Å². The number of aromatic nitrogens is 2. The quantitative estimate of drug-likeness (QED) is 0.463. The van der Waals surface area contributed by atoms with Crippen LogP contribution in [0.5, 0.6) is 0 Å². The first kappa shape index (κ1) is 18.1. The van der Waals surface area contributed by atoms with Gasteiger partial charge in [-0.3, -0.25) is 0 Å². The fourth-order valence-electron chi connectivity index (χ4n) is 3.01. The van der Waals surface area contributed by atoms with E-state index in [4.69, 9.17) is 4.74 Å². The van der Waals surface area contributed by atoms with Crippen molar-refractivity contribution in [2.45, 2.75) is 20.5 Å². The number of thiophene rings is 1. The van der Waals surface area contributed by atoms with Crippen LogP contribution in [0.1, 0.15) is 26.4 Å². The van der Waals surface area contributed by atoms with E-state index in [-0.39, 0.29) is 12.6 Å². The SMILES string of the molecule is Cc1cccc(Nc2ncnc3sc(C(=O)OCc4ccccc4)c(C)c23)c1. The molecule has 140 valence electrons. The molecule has 0 atom stereocenters. The number of carbonyl (C=O) groups excluding carboxylic acids is 1. The van der Waals surface area contributed by atoms with Crippen molar-refractivity contribution in [3.05, 3.63) is 82.5 Å². The fraction of sp³-hybridized carbons (Fsp3) is 0.136. The number of esters is 1. The zero-order valence-electron chi connectivity index (χ0n) is 15.6. The maximum atomic E-state index is 12.6. The van der Waals surface area contributed by atoms with Crippen LogP contribution in [0.3, 0.4) is 0 Å². The molecule has 0 spiro atoms. The van der Waals surface area contributed by atoms with Crippen LogP contribution in [0, 0.1) is 13.8 Å². The van der Waals surface area contributed by atoms with Crippen LogP contribution < -0.4 is 5.32 Å². The van der Waals surface area contributed by atoms with Crippen LogP contribution >= 0.6 is 11.3 Å². The second kappa shape index (κ2) is 7.78. The van der Waals surface area contributed by atoms with Gasteiger partial charge in [-0.1, -0.05) is 42.5 Å². The van der Waals surface area contributed by atoms with Gasteiger partial charge >= 0.3 is 5.97 Å². The topological polar surface area (TPSA) is 64.1 Å². The Kier molecular flexibility index (Phi) is 5.04. The second-order valence-corrected chi connectivity index (χ2v) is 7.51. The van der Waals surface area contributed by atoms with Gasteiger partial charge in [0.1, 0.15) is 28.5 Å². The lowest BCUT2D eigenvalue weighted by atomic mass is 10.2. The van der Waals surface area contributed by atoms with E-state index >= 15 is 0 Å². The van der Waals surface area contributed by atoms with Gasteiger partial charge in [0.05, 0.1) is 5.39 Å². The minimum Gasteiger partial charge on any atom is -0.457 e. The highest BCUT2D eigenvalue weighted by Gasteiger charge is 2.20. The van der Waals surface area contributed by atoms with Gasteiger partial charge in [0.15, 0.2) is 0 Å². The molecule has 2 aromatic carbocycles. The van der Waals surface area contributed by atoms with Crippen LogP contribution in [-0.2, 0) is 11.3 Å². The Labute approximate surface area is 167 Å². The molecule has 0 saturated carbocycles. The summed E-state index contributed by atoms with van der Waals surface area (Å²) in [4.78, 5) is 22.7. The molecule has 5 nitrogen and oxygen atoms in total. The molecule has 0 radical (unpaired) electrons. The molecule has 2 aromatic heterocycles. The van der Waals surface area contributed by atoms with Gasteiger partial charge in [0, 0.05) is 5.69 Å². The summed E-state index contributed by atoms with van der Waals surface area (Å²) in [6.45, 7) is 4.19. The van der Waals surface area contributed by atoms with E-state index in [1.165, 1.54) is 17.7 Å². The number of fused-ring (bicyclic) bond motifs is 1. The Morgan fingerprint density at radius 2 is 1.89 bits per heavy atom. The van der Waals surface area contributed by atoms with E-state index < -0.39 is 0 Å². The van der Waals surface area contributed by atoms with E-state index in [0.29, 0.717) is 10.7 Å². The molecule has 2 heterocycles. The number of benzene rings is 2. The van der Waals surface area contributed by atoms with Gasteiger partial charge in [-0.15, -0.1) is 11.3 Å². The van der Waals surface area contributed by atoms with E-state index in [1.54, 1.807) is 0 Å². The second-order valence-electron chi connectivity index (χ2n) is 6.51. The normalized spacial score (nSPS) is 10.8. The lowest BCUT2D eigenvalue weighted by Gasteiger charge is -2.08. The van der Waals surface area contributed by atoms with Crippen LogP contribution in [-0.4, -0.2) is 15.9 Å². The zero-order chi connectivity index (χ0) is 19.5. The number of aryl methyl sites for hydroxylation is 2. The van der Waals surface area contributed by atoms with Crippen molar-refractivity contribution in [1.82, 2.24) is 9.97 Å². The number of nitrogens with zero attached hydrogens (tertiary/aromatic N) is 2. The molecular weight excluding hydrogens is 370 g/mol. The maximum absolute atomic E-state index is 12.6. The molecule has 0 aliphatic carbocycles. The van der Waals surface area contributed by atoms with Crippen molar-refractivity contribution in [2.75, 3.05) is 5.32 Å². The summed E-state index contributed by atoms with van der Waals surface area (Å²) < 4.78 is 5.50. The molecule has 4 aromatic rings. The minimum absolute atomic E-state index is 0.243. The van der Waals surface area contributed by atoms with E-state index in [1.807, 2.05) is 68.4 Å². The Hall–Kier alpha value is -3.25. The Morgan fingerprint density at radius 1 is 1.07 bits per heavy atom. The van der Waals surface area contributed by atoms with E-state index in [9.17, 15) is 4.79 Å². The van der Waals surface area contributed by atoms with Crippen LogP contribution in [0.4, 0.5) is 11.5 Å². The van der Waals surface area contributed by atoms with Crippen molar-refractivity contribution in [3.63, 3.8) is 0 Å². The lowest BCUT2D eigenvalue weighted by Crippen LogP contribution is -2.04. The number of anilines is 2. The van der Waals surface area contributed by atoms with Gasteiger partial charge in [-0.2, -0.15) is 0 Å². The van der Waals surface area contributed by atoms with Gasteiger partial charge in [-0.05, 0) is 42.7 Å². The third kappa shape index (κ3) is 3.73. The number of hydrogen-bond donors (Lipinski definition) is 1. The standard InChI is InChI=1S/C22H19N3O2S/c1-14-7-6-10-17(11-14)25-20-18-15(2)19(28-21(18)24-13-23-20)22(26)27-12-16-8-4-3-5-9-16/h3-11,13H,12H2,1-2H3,(H,23,24,25). The van der Waals surface area contributed by atoms with Gasteiger partial charge in [-0.25, -0.2) is 14.8 Å². The molecule has 0 fully saturated rings. The largest absolute Gasteiger partial charge is 0.457 e. The molecule has 28 heavy (non-hydrogen) atoms. The molecule has 0 bridgehead atoms. The summed E-state index contributed by atoms with van der Waals surface area (Å²) in [5.74, 6) is 0.345. The summed E-state index contributed by atoms with van der Waals surface area (Å²) in [7, 11) is 0. The fourth-order valence-corrected chi connectivity index (χ4v) is 4.05. The first-order chi connectivity index (χ1) is 13.6. The zero-order valence-corrected chi connectivity index (χ0v) is 16.4. The molecule has 0 aliphatic rings. The van der Waals surface area contributed by atoms with Crippen molar-refractivity contribution in [2.24, 2.45) is 0 Å². The first-order valence-corrected chi connectivity index (χ1v) is 9.72. The Bertz CT molecular complexity index is 1140. The lowest BCUT2D eigenvalue weighted by molar-refractivity contribution is 0.0478. The number of carbonyl (C=O) groups is 1. The van der Waals surface area contributed by atoms with Crippen LogP contribution in [0.15, 0.2) is 60.9 Å². The molecule has 6 heteroatoms. The van der Waals surface area contributed by atoms with Crippen molar-refractivity contribution >= 4 is 39.0 Å². The maximum Gasteiger partial charge on any atom is 0.349 e. The molecule has 1 N–H and O–H groups in total. The predicted octanol–water partition coefficient (Wildman–Crippen LogP) is 5.41. The molecule has 4 rings (SSSR count). The predicted molar refractivity (Wildman–Crippen MR) is 112 cm³/mol. The van der Waals surface area contributed by atoms with E-state index in [0.717, 1.165) is 32.6 Å². The van der Waals surface area contributed by atoms with Crippen molar-refractivity contribution in [3.8, 4) is 0 Å². The van der Waals surface area contributed by atoms with Crippen LogP contribution in [0.2, 0.25) is 0 Å². The van der Waals surface area contributed by atoms with Gasteiger partial charge < -0.3 is 10.1 Å². The summed E-state index contributed by atoms with van der Waals surface area (Å²) in [6, 6.07) is 17.7. The number of ether oxygens (including phenoxy) is 1. The highest BCUT2D eigenvalue weighted by molar-refractivity contribution is 7.20. The average Bonchev–Trinajstić information content (AvgIpc) is 3.05. The summed E-state index contributed by atoms with van der Waals surface area (Å²) in [5.41, 5.74) is 3.88. The summed E-state index contributed by atoms with van der Waals surface area (Å²) >= 11 is 1.33. The minimum atomic E-state index is -0.342. The average molecular weight is 389 g/mol. The number of hydrogen-bond acceptors (Lipinski definition) is 6. The first-order valence-electron chi connectivity index (χ1n) is 8.90. The highest BCUT2D eigenvalue weighted by atomic mass is 32.1. The molecule has 0 amide bonds. The number of rotatable bonds is 5. The van der Waals surface area contributed by atoms with Crippen molar-refractivity contribution < 1.29 is 9.53 Å². The Morgan fingerprint density at radius 3 is 2.68 bits per heavy atom. The van der Waals surface area contributed by atoms with Gasteiger partial charge in [0.25, 0.3) is 0 Å². The monoisotopic (exact) mass is 389 g/mol. The summed E-state index contributed by atoms with van der Waals surface area (Å²) in [6.07, 6.45) is 1.51. The number of nitrogens with one attached hydrogen (secondary N) is 1. The third-order valence-electron chi connectivity index (χ3n) is 4.41. The van der Waals surface area contributed by atoms with Crippen molar-refractivity contribution in [1.29, 1.82) is 0 Å². The molecule has 0 aliphatic heterocycles. The summed E-state index contributed by atoms with van der Waals surface area (Å²) in [5, 5.41) is 4.19. The third-order valence-corrected chi connectivity index (χ3v) is 5.59. The highest BCUT2D eigenvalue weighted by Crippen LogP contribution is 2.35. The smallest absolute Gasteiger partial charge is 0.349 e. The molecule has 0 saturated heterocycles. The van der Waals surface area contributed by atoms with E-state index in [2.05, 4.69) is 15.3 Å². The molecular formula is C22H19N3O2S. The van der Waals surface area contributed by atoms with Gasteiger partial charge in [0.2, 0.25) is 0 Å².